The van der Waals surface area contributed by atoms with E-state index in [1.54, 1.807) is 0 Å². The van der Waals surface area contributed by atoms with Gasteiger partial charge in [0, 0.05) is 18.7 Å². The van der Waals surface area contributed by atoms with E-state index in [1.165, 1.54) is 12.1 Å². The van der Waals surface area contributed by atoms with Crippen LogP contribution < -0.4 is 5.73 Å². The molecule has 6 heteroatoms. The highest BCUT2D eigenvalue weighted by molar-refractivity contribution is 5.22. The molecule has 1 aliphatic rings. The molecule has 0 aliphatic carbocycles. The number of hydrogen-bond donors (Lipinski definition) is 1. The number of piperidine rings is 1. The molecule has 1 fully saturated rings. The first kappa shape index (κ1) is 19.8. The summed E-state index contributed by atoms with van der Waals surface area (Å²) in [4.78, 5) is 2.30. The highest BCUT2D eigenvalue weighted by atomic mass is 19.2. The van der Waals surface area contributed by atoms with Crippen molar-refractivity contribution in [3.63, 3.8) is 0 Å². The van der Waals surface area contributed by atoms with Gasteiger partial charge < -0.3 is 10.6 Å². The third-order valence-electron chi connectivity index (χ3n) is 5.23. The molecular formula is C21H24F4N2. The topological polar surface area (TPSA) is 29.3 Å². The predicted octanol–water partition coefficient (Wildman–Crippen LogP) is 4.38. The average Bonchev–Trinajstić information content (AvgIpc) is 2.65. The highest BCUT2D eigenvalue weighted by Crippen LogP contribution is 2.27. The SMILES string of the molecule is NC(CCN1CCCC(c2ccc(F)cc2)C1)Cc1cc(F)c(F)cc1F. The number of rotatable bonds is 6. The second-order valence-corrected chi connectivity index (χ2v) is 7.30. The summed E-state index contributed by atoms with van der Waals surface area (Å²) >= 11 is 0. The van der Waals surface area contributed by atoms with Gasteiger partial charge in [-0.3, -0.25) is 0 Å². The maximum absolute atomic E-state index is 13.8. The molecule has 2 atom stereocenters. The van der Waals surface area contributed by atoms with E-state index < -0.39 is 17.5 Å². The number of nitrogens with two attached hydrogens (primary N) is 1. The number of nitrogens with zero attached hydrogens (tertiary/aromatic N) is 1. The number of benzene rings is 2. The zero-order chi connectivity index (χ0) is 19.4. The van der Waals surface area contributed by atoms with Gasteiger partial charge in [0.25, 0.3) is 0 Å². The van der Waals surface area contributed by atoms with Gasteiger partial charge in [-0.05, 0) is 74.0 Å². The minimum absolute atomic E-state index is 0.101. The van der Waals surface area contributed by atoms with Gasteiger partial charge in [-0.25, -0.2) is 17.6 Å². The van der Waals surface area contributed by atoms with Crippen molar-refractivity contribution in [2.45, 2.75) is 37.6 Å². The molecule has 1 saturated heterocycles. The summed E-state index contributed by atoms with van der Waals surface area (Å²) in [6, 6.07) is 7.75. The maximum atomic E-state index is 13.8. The molecule has 2 unspecified atom stereocenters. The lowest BCUT2D eigenvalue weighted by atomic mass is 9.90. The fourth-order valence-corrected chi connectivity index (χ4v) is 3.72. The van der Waals surface area contributed by atoms with Crippen LogP contribution in [0.1, 0.15) is 36.3 Å². The summed E-state index contributed by atoms with van der Waals surface area (Å²) in [7, 11) is 0. The second kappa shape index (κ2) is 8.85. The highest BCUT2D eigenvalue weighted by Gasteiger charge is 2.22. The predicted molar refractivity (Wildman–Crippen MR) is 97.4 cm³/mol. The molecular weight excluding hydrogens is 356 g/mol. The van der Waals surface area contributed by atoms with Gasteiger partial charge in [-0.2, -0.15) is 0 Å². The average molecular weight is 380 g/mol. The summed E-state index contributed by atoms with van der Waals surface area (Å²) < 4.78 is 53.2. The largest absolute Gasteiger partial charge is 0.327 e. The third-order valence-corrected chi connectivity index (χ3v) is 5.23. The molecule has 0 spiro atoms. The van der Waals surface area contributed by atoms with Gasteiger partial charge in [0.2, 0.25) is 0 Å². The van der Waals surface area contributed by atoms with E-state index >= 15 is 0 Å². The van der Waals surface area contributed by atoms with Gasteiger partial charge in [0.1, 0.15) is 11.6 Å². The normalized spacial score (nSPS) is 19.2. The molecule has 2 N–H and O–H groups in total. The molecule has 2 aromatic rings. The molecule has 146 valence electrons. The van der Waals surface area contributed by atoms with Crippen LogP contribution >= 0.6 is 0 Å². The van der Waals surface area contributed by atoms with E-state index in [0.717, 1.165) is 44.1 Å². The lowest BCUT2D eigenvalue weighted by Gasteiger charge is -2.33. The maximum Gasteiger partial charge on any atom is 0.161 e. The second-order valence-electron chi connectivity index (χ2n) is 7.30. The van der Waals surface area contributed by atoms with E-state index in [4.69, 9.17) is 5.73 Å². The zero-order valence-corrected chi connectivity index (χ0v) is 15.1. The first-order chi connectivity index (χ1) is 12.9. The molecule has 0 radical (unpaired) electrons. The summed E-state index contributed by atoms with van der Waals surface area (Å²) in [5, 5.41) is 0. The molecule has 3 rings (SSSR count). The lowest BCUT2D eigenvalue weighted by Crippen LogP contribution is -2.38. The van der Waals surface area contributed by atoms with Crippen molar-refractivity contribution in [2.75, 3.05) is 19.6 Å². The molecule has 2 nitrogen and oxygen atoms in total. The van der Waals surface area contributed by atoms with Crippen molar-refractivity contribution in [3.8, 4) is 0 Å². The Bertz CT molecular complexity index is 764. The molecule has 0 amide bonds. The van der Waals surface area contributed by atoms with E-state index in [-0.39, 0.29) is 23.8 Å². The van der Waals surface area contributed by atoms with Crippen LogP contribution in [0, 0.1) is 23.3 Å². The van der Waals surface area contributed by atoms with Gasteiger partial charge in [0.15, 0.2) is 11.6 Å². The van der Waals surface area contributed by atoms with E-state index in [9.17, 15) is 17.6 Å². The Kier molecular flexibility index (Phi) is 6.50. The van der Waals surface area contributed by atoms with E-state index in [1.807, 2.05) is 12.1 Å². The number of likely N-dealkylation sites (tertiary alicyclic amines) is 1. The van der Waals surface area contributed by atoms with Crippen molar-refractivity contribution < 1.29 is 17.6 Å². The Morgan fingerprint density at radius 3 is 2.44 bits per heavy atom. The molecule has 2 aromatic carbocycles. The first-order valence-corrected chi connectivity index (χ1v) is 9.29. The Hall–Kier alpha value is -1.92. The third kappa shape index (κ3) is 5.30. The van der Waals surface area contributed by atoms with Crippen LogP contribution in [-0.4, -0.2) is 30.6 Å². The summed E-state index contributed by atoms with van der Waals surface area (Å²) in [6.07, 6.45) is 2.91. The molecule has 27 heavy (non-hydrogen) atoms. The Morgan fingerprint density at radius 1 is 1.00 bits per heavy atom. The Balaban J connectivity index is 1.52. The fourth-order valence-electron chi connectivity index (χ4n) is 3.72. The summed E-state index contributed by atoms with van der Waals surface area (Å²) in [5.41, 5.74) is 7.33. The van der Waals surface area contributed by atoms with Gasteiger partial charge >= 0.3 is 0 Å². The summed E-state index contributed by atoms with van der Waals surface area (Å²) in [5.74, 6) is -2.89. The van der Waals surface area contributed by atoms with Gasteiger partial charge in [0.05, 0.1) is 0 Å². The van der Waals surface area contributed by atoms with E-state index in [2.05, 4.69) is 4.90 Å². The van der Waals surface area contributed by atoms with Crippen molar-refractivity contribution in [1.29, 1.82) is 0 Å². The van der Waals surface area contributed by atoms with Crippen LogP contribution in [0.15, 0.2) is 36.4 Å². The molecule has 1 heterocycles. The van der Waals surface area contributed by atoms with Crippen molar-refractivity contribution >= 4 is 0 Å². The van der Waals surface area contributed by atoms with E-state index in [0.29, 0.717) is 18.4 Å². The minimum Gasteiger partial charge on any atom is -0.327 e. The number of halogens is 4. The molecule has 0 saturated carbocycles. The zero-order valence-electron chi connectivity index (χ0n) is 15.1. The smallest absolute Gasteiger partial charge is 0.161 e. The van der Waals surface area contributed by atoms with Crippen molar-refractivity contribution in [1.82, 2.24) is 4.90 Å². The van der Waals surface area contributed by atoms with Crippen LogP contribution in [0.5, 0.6) is 0 Å². The lowest BCUT2D eigenvalue weighted by molar-refractivity contribution is 0.201. The van der Waals surface area contributed by atoms with Gasteiger partial charge in [-0.1, -0.05) is 12.1 Å². The van der Waals surface area contributed by atoms with Crippen molar-refractivity contribution in [3.05, 3.63) is 70.8 Å². The molecule has 1 aliphatic heterocycles. The van der Waals surface area contributed by atoms with Crippen LogP contribution in [-0.2, 0) is 6.42 Å². The van der Waals surface area contributed by atoms with Crippen LogP contribution in [0.2, 0.25) is 0 Å². The quantitative estimate of drug-likeness (QED) is 0.595. The first-order valence-electron chi connectivity index (χ1n) is 9.29. The van der Waals surface area contributed by atoms with Crippen molar-refractivity contribution in [2.24, 2.45) is 5.73 Å². The van der Waals surface area contributed by atoms with Crippen LogP contribution in [0.3, 0.4) is 0 Å². The van der Waals surface area contributed by atoms with Gasteiger partial charge in [-0.15, -0.1) is 0 Å². The fraction of sp³-hybridized carbons (Fsp3) is 0.429. The molecule has 0 bridgehead atoms. The molecule has 0 aromatic heterocycles. The standard InChI is InChI=1S/C21H24F4N2/c22-17-5-3-14(4-6-17)15-2-1-8-27(13-15)9-7-18(26)10-16-11-20(24)21(25)12-19(16)23/h3-6,11-12,15,18H,1-2,7-10,13,26H2. The number of hydrogen-bond acceptors (Lipinski definition) is 2. The monoisotopic (exact) mass is 380 g/mol. The summed E-state index contributed by atoms with van der Waals surface area (Å²) in [6.45, 7) is 2.59. The Labute approximate surface area is 157 Å². The minimum atomic E-state index is -1.19. The van der Waals surface area contributed by atoms with Crippen LogP contribution in [0.4, 0.5) is 17.6 Å². The van der Waals surface area contributed by atoms with Crippen LogP contribution in [0.25, 0.3) is 0 Å². The Morgan fingerprint density at radius 2 is 1.70 bits per heavy atom.